The summed E-state index contributed by atoms with van der Waals surface area (Å²) < 4.78 is 25.5. The normalized spacial score (nSPS) is 15.4. The average Bonchev–Trinajstić information content (AvgIpc) is 4.42. The number of pyridine rings is 2. The molecule has 0 bridgehead atoms. The van der Waals surface area contributed by atoms with Crippen molar-refractivity contribution < 1.29 is 86.6 Å². The van der Waals surface area contributed by atoms with Gasteiger partial charge in [-0.1, -0.05) is 58.1 Å². The predicted molar refractivity (Wildman–Crippen MR) is 294 cm³/mol. The Morgan fingerprint density at radius 3 is 2.38 bits per heavy atom. The molecule has 0 saturated heterocycles. The zero-order valence-corrected chi connectivity index (χ0v) is 49.1. The predicted octanol–water partition coefficient (Wildman–Crippen LogP) is 3.50. The monoisotopic (exact) mass is 1280 g/mol. The van der Waals surface area contributed by atoms with Gasteiger partial charge in [0.05, 0.1) is 41.8 Å². The minimum Gasteiger partial charge on any atom is -0.740 e. The van der Waals surface area contributed by atoms with E-state index in [2.05, 4.69) is 72.1 Å². The van der Waals surface area contributed by atoms with Gasteiger partial charge in [0.25, 0.3) is 5.56 Å². The molecule has 8 rings (SSSR count). The Morgan fingerprint density at radius 1 is 0.901 bits per heavy atom. The summed E-state index contributed by atoms with van der Waals surface area (Å²) in [5, 5.41) is 31.7. The molecule has 5 N–H and O–H groups in total. The number of amides is 4. The van der Waals surface area contributed by atoms with Crippen LogP contribution in [0.4, 0.5) is 0 Å². The Bertz CT molecular complexity index is 3210. The molecule has 0 fully saturated rings. The summed E-state index contributed by atoms with van der Waals surface area (Å²) in [6, 6.07) is 3.26. The number of ether oxygens (including phenoxy) is 4. The van der Waals surface area contributed by atoms with E-state index in [0.717, 1.165) is 51.7 Å². The smallest absolute Gasteiger partial charge is 0.343 e. The number of hydrogen-bond donors (Lipinski definition) is 5. The van der Waals surface area contributed by atoms with Gasteiger partial charge in [0, 0.05) is 103 Å². The number of aromatic nitrogens is 7. The molecule has 4 amide bonds. The van der Waals surface area contributed by atoms with E-state index < -0.39 is 53.5 Å². The summed E-state index contributed by atoms with van der Waals surface area (Å²) >= 11 is 4.96. The summed E-state index contributed by atoms with van der Waals surface area (Å²) in [6.07, 6.45) is 11.1. The SMILES string of the molecule is CCCN(CCC)CCCC[C@H](NC(=O)[C@@H](NC(=O)CCCCCn1cc(-c2cnc([S-])nc2)nn1)C(C)C)C(=O)NCC(=O)NCOCC#Cc1c2c(nc3cc4c(cc13)OCO4)-c1cc3c(c(=O)n1C2)COC(=O)[C@]3(O)CC.[Tb]. The van der Waals surface area contributed by atoms with Gasteiger partial charge < -0.3 is 67.4 Å². The number of esters is 1. The maximum Gasteiger partial charge on any atom is 0.343 e. The van der Waals surface area contributed by atoms with Crippen molar-refractivity contribution in [2.75, 3.05) is 46.3 Å². The summed E-state index contributed by atoms with van der Waals surface area (Å²) in [6.45, 7) is 12.0. The molecule has 81 heavy (non-hydrogen) atoms. The number of benzene rings is 1. The fourth-order valence-corrected chi connectivity index (χ4v) is 10.1. The molecule has 1 radical (unpaired) electrons. The van der Waals surface area contributed by atoms with Crippen LogP contribution in [0.1, 0.15) is 121 Å². The molecule has 0 unspecified atom stereocenters. The average molecular weight is 1280 g/mol. The Kier molecular flexibility index (Phi) is 22.4. The van der Waals surface area contributed by atoms with E-state index in [1.54, 1.807) is 48.4 Å². The number of fused-ring (bicyclic) bond motifs is 6. The van der Waals surface area contributed by atoms with Crippen LogP contribution in [0.25, 0.3) is 33.5 Å². The first-order valence-corrected chi connectivity index (χ1v) is 27.8. The fourth-order valence-electron chi connectivity index (χ4n) is 10.0. The molecule has 23 nitrogen and oxygen atoms in total. The van der Waals surface area contributed by atoms with Crippen LogP contribution in [-0.2, 0) is 71.4 Å². The number of nitrogens with one attached hydrogen (secondary N) is 4. The first-order chi connectivity index (χ1) is 38.6. The van der Waals surface area contributed by atoms with Gasteiger partial charge in [-0.05, 0) is 89.1 Å². The number of cyclic esters (lactones) is 1. The van der Waals surface area contributed by atoms with E-state index in [4.69, 9.17) is 36.6 Å². The number of nitrogens with zero attached hydrogens (tertiary/aromatic N) is 8. The largest absolute Gasteiger partial charge is 0.740 e. The zero-order chi connectivity index (χ0) is 56.9. The van der Waals surface area contributed by atoms with Crippen molar-refractivity contribution in [3.63, 3.8) is 0 Å². The zero-order valence-electron chi connectivity index (χ0n) is 46.2. The summed E-state index contributed by atoms with van der Waals surface area (Å²) in [7, 11) is 0. The molecule has 7 heterocycles. The van der Waals surface area contributed by atoms with Crippen molar-refractivity contribution in [2.24, 2.45) is 5.92 Å². The standard InChI is InChI=1S/C56H70N12O11S.Tb/c1-6-18-66(19-7-2)20-13-11-16-41(62-52(72)49(34(4)5)63-47(69)17-10-9-12-21-67-30-43(64-65-67)35-26-58-55(80)59-27-35)51(71)57-28-48(70)60-32-76-22-14-15-36-37-23-45-46(79-33-78-45)25-42(37)61-50-38(36)29-68-44(50)24-40-39(53(68)73)31-77-54(74)56(40,75)8-3;/h23-27,30,34,41,49,75H,6-13,16-22,28-29,31-33H2,1-5H3,(H,57,71)(H,60,70)(H,62,72)(H,63,69)(H,58,59,80);/p-1/t41-,49-,56-;/m0./s1. The van der Waals surface area contributed by atoms with Crippen molar-refractivity contribution in [2.45, 2.75) is 141 Å². The molecule has 0 saturated carbocycles. The third-order valence-corrected chi connectivity index (χ3v) is 14.5. The maximum absolute atomic E-state index is 13.9. The first-order valence-electron chi connectivity index (χ1n) is 27.4. The maximum atomic E-state index is 13.9. The van der Waals surface area contributed by atoms with Crippen molar-refractivity contribution in [1.29, 1.82) is 0 Å². The first kappa shape index (κ1) is 62.3. The van der Waals surface area contributed by atoms with Gasteiger partial charge in [0.2, 0.25) is 30.4 Å². The summed E-state index contributed by atoms with van der Waals surface area (Å²) in [5.41, 5.74) is 1.89. The molecule has 435 valence electrons. The number of aliphatic hydroxyl groups is 1. The molecule has 3 aliphatic rings. The van der Waals surface area contributed by atoms with E-state index >= 15 is 0 Å². The van der Waals surface area contributed by atoms with Crippen molar-refractivity contribution in [3.8, 4) is 46.0 Å². The molecule has 25 heteroatoms. The van der Waals surface area contributed by atoms with Crippen LogP contribution in [0, 0.1) is 56.4 Å². The minimum atomic E-state index is -1.99. The van der Waals surface area contributed by atoms with Crippen LogP contribution in [-0.4, -0.2) is 133 Å². The van der Waals surface area contributed by atoms with E-state index in [1.807, 2.05) is 13.8 Å². The van der Waals surface area contributed by atoms with E-state index in [-0.39, 0.29) is 113 Å². The van der Waals surface area contributed by atoms with Gasteiger partial charge in [-0.2, -0.15) is 0 Å². The number of aryl methyl sites for hydroxylation is 1. The molecule has 4 aromatic heterocycles. The molecule has 5 aromatic rings. The van der Waals surface area contributed by atoms with Gasteiger partial charge in [-0.3, -0.25) is 38.6 Å². The summed E-state index contributed by atoms with van der Waals surface area (Å²) in [4.78, 5) is 96.0. The number of rotatable bonds is 27. The molecule has 3 atom stereocenters. The quantitative estimate of drug-likeness (QED) is 0.0123. The molecule has 3 aliphatic heterocycles. The second-order valence-corrected chi connectivity index (χ2v) is 20.7. The molecule has 1 aromatic carbocycles. The number of unbranched alkanes of at least 4 members (excludes halogenated alkanes) is 3. The van der Waals surface area contributed by atoms with E-state index in [9.17, 15) is 33.9 Å². The molecule has 0 spiro atoms. The van der Waals surface area contributed by atoms with Crippen molar-refractivity contribution >= 4 is 53.1 Å². The third kappa shape index (κ3) is 15.2. The topological polar surface area (TPSA) is 285 Å². The number of carbonyl (C=O) groups is 5. The Labute approximate surface area is 506 Å². The number of carbonyl (C=O) groups excluding carboxylic acids is 5. The fraction of sp³-hybridized carbons (Fsp3) is 0.518. The van der Waals surface area contributed by atoms with Gasteiger partial charge in [-0.25, -0.2) is 9.78 Å². The van der Waals surface area contributed by atoms with Gasteiger partial charge in [-0.15, -0.1) is 5.10 Å². The van der Waals surface area contributed by atoms with Crippen LogP contribution in [0.5, 0.6) is 11.5 Å². The molecular weight excluding hydrogens is 1210 g/mol. The second kappa shape index (κ2) is 29.1. The van der Waals surface area contributed by atoms with Gasteiger partial charge >= 0.3 is 5.97 Å². The Balaban J connectivity index is 0.00000946. The third-order valence-electron chi connectivity index (χ3n) is 14.3. The van der Waals surface area contributed by atoms with Crippen LogP contribution in [0.3, 0.4) is 0 Å². The Hall–Kier alpha value is -6.30. The van der Waals surface area contributed by atoms with Crippen LogP contribution in [0.15, 0.2) is 46.7 Å². The van der Waals surface area contributed by atoms with Crippen molar-refractivity contribution in [3.05, 3.63) is 69.4 Å². The Morgan fingerprint density at radius 2 is 1.65 bits per heavy atom. The molecule has 0 aliphatic carbocycles. The number of hydrogen-bond acceptors (Lipinski definition) is 18. The van der Waals surface area contributed by atoms with Crippen molar-refractivity contribution in [1.82, 2.24) is 60.7 Å². The van der Waals surface area contributed by atoms with E-state index in [0.29, 0.717) is 82.0 Å². The van der Waals surface area contributed by atoms with E-state index in [1.165, 1.54) is 4.57 Å². The second-order valence-electron chi connectivity index (χ2n) is 20.4. The molecular formula is C56H69N12O11STb-. The van der Waals surface area contributed by atoms with Crippen LogP contribution in [0.2, 0.25) is 0 Å². The van der Waals surface area contributed by atoms with Crippen LogP contribution >= 0.6 is 0 Å². The summed E-state index contributed by atoms with van der Waals surface area (Å²) in [5.74, 6) is 4.22. The van der Waals surface area contributed by atoms with Gasteiger partial charge in [0.15, 0.2) is 17.1 Å². The van der Waals surface area contributed by atoms with Crippen LogP contribution < -0.4 is 36.3 Å². The van der Waals surface area contributed by atoms with Gasteiger partial charge in [0.1, 0.15) is 37.7 Å². The minimum absolute atomic E-state index is 0.